The van der Waals surface area contributed by atoms with Crippen LogP contribution in [-0.2, 0) is 14.8 Å². The van der Waals surface area contributed by atoms with Crippen LogP contribution in [0.2, 0.25) is 0 Å². The zero-order valence-electron chi connectivity index (χ0n) is 10.9. The molecule has 0 amide bonds. The SMILES string of the molecule is COC(CS(=O)(=O)Nc1nccc(C)c1Br)C1CC1. The van der Waals surface area contributed by atoms with Gasteiger partial charge in [0.2, 0.25) is 10.0 Å². The Morgan fingerprint density at radius 1 is 1.58 bits per heavy atom. The molecule has 1 unspecified atom stereocenters. The molecule has 1 N–H and O–H groups in total. The van der Waals surface area contributed by atoms with Crippen molar-refractivity contribution in [1.82, 2.24) is 4.98 Å². The molecule has 0 aromatic carbocycles. The molecule has 0 aliphatic heterocycles. The second kappa shape index (κ2) is 5.76. The Bertz CT molecular complexity index is 558. The van der Waals surface area contributed by atoms with E-state index in [-0.39, 0.29) is 11.9 Å². The molecular formula is C12H17BrN2O3S. The summed E-state index contributed by atoms with van der Waals surface area (Å²) in [5, 5.41) is 0. The molecule has 1 heterocycles. The standard InChI is InChI=1S/C12H17BrN2O3S/c1-8-5-6-14-12(11(8)13)15-19(16,17)7-10(18-2)9-3-4-9/h5-6,9-10H,3-4,7H2,1-2H3,(H,14,15). The Balaban J connectivity index is 2.10. The highest BCUT2D eigenvalue weighted by Crippen LogP contribution is 2.35. The van der Waals surface area contributed by atoms with E-state index in [1.54, 1.807) is 13.3 Å². The quantitative estimate of drug-likeness (QED) is 0.856. The lowest BCUT2D eigenvalue weighted by atomic mass is 10.3. The molecule has 1 aliphatic rings. The molecule has 0 saturated heterocycles. The molecule has 106 valence electrons. The molecule has 1 atom stereocenters. The molecule has 1 aromatic heterocycles. The van der Waals surface area contributed by atoms with Gasteiger partial charge in [-0.2, -0.15) is 0 Å². The van der Waals surface area contributed by atoms with Gasteiger partial charge in [-0.1, -0.05) is 0 Å². The van der Waals surface area contributed by atoms with Gasteiger partial charge in [0.1, 0.15) is 0 Å². The Hall–Kier alpha value is -0.660. The minimum absolute atomic E-state index is 0.0315. The first kappa shape index (κ1) is 14.7. The second-order valence-electron chi connectivity index (χ2n) is 4.79. The zero-order valence-corrected chi connectivity index (χ0v) is 13.3. The van der Waals surface area contributed by atoms with Gasteiger partial charge >= 0.3 is 0 Å². The Morgan fingerprint density at radius 2 is 2.26 bits per heavy atom. The van der Waals surface area contributed by atoms with Crippen molar-refractivity contribution in [2.24, 2.45) is 5.92 Å². The van der Waals surface area contributed by atoms with Crippen molar-refractivity contribution < 1.29 is 13.2 Å². The van der Waals surface area contributed by atoms with E-state index in [1.165, 1.54) is 0 Å². The lowest BCUT2D eigenvalue weighted by Crippen LogP contribution is -2.29. The molecule has 1 fully saturated rings. The van der Waals surface area contributed by atoms with Crippen LogP contribution in [0.1, 0.15) is 18.4 Å². The minimum Gasteiger partial charge on any atom is -0.380 e. The molecule has 0 bridgehead atoms. The normalized spacial score (nSPS) is 17.2. The van der Waals surface area contributed by atoms with Gasteiger partial charge in [0.25, 0.3) is 0 Å². The summed E-state index contributed by atoms with van der Waals surface area (Å²) in [7, 11) is -1.90. The number of ether oxygens (including phenoxy) is 1. The number of hydrogen-bond acceptors (Lipinski definition) is 4. The van der Waals surface area contributed by atoms with Crippen molar-refractivity contribution in [3.63, 3.8) is 0 Å². The van der Waals surface area contributed by atoms with Gasteiger partial charge in [-0.15, -0.1) is 0 Å². The second-order valence-corrected chi connectivity index (χ2v) is 7.35. The maximum absolute atomic E-state index is 12.1. The fourth-order valence-electron chi connectivity index (χ4n) is 1.88. The highest BCUT2D eigenvalue weighted by molar-refractivity contribution is 9.10. The zero-order chi connectivity index (χ0) is 14.0. The third kappa shape index (κ3) is 3.90. The summed E-state index contributed by atoms with van der Waals surface area (Å²) in [5.74, 6) is 0.664. The summed E-state index contributed by atoms with van der Waals surface area (Å²) in [6, 6.07) is 1.81. The van der Waals surface area contributed by atoms with Crippen molar-refractivity contribution >= 4 is 31.8 Å². The van der Waals surface area contributed by atoms with Crippen molar-refractivity contribution in [1.29, 1.82) is 0 Å². The average Bonchev–Trinajstić information content (AvgIpc) is 3.16. The number of methoxy groups -OCH3 is 1. The summed E-state index contributed by atoms with van der Waals surface area (Å²) in [6.07, 6.45) is 3.43. The number of nitrogens with zero attached hydrogens (tertiary/aromatic N) is 1. The van der Waals surface area contributed by atoms with Crippen LogP contribution in [0.3, 0.4) is 0 Å². The van der Waals surface area contributed by atoms with Gasteiger partial charge in [-0.3, -0.25) is 4.72 Å². The minimum atomic E-state index is -3.46. The monoisotopic (exact) mass is 348 g/mol. The number of anilines is 1. The van der Waals surface area contributed by atoms with Gasteiger partial charge in [-0.05, 0) is 53.2 Å². The van der Waals surface area contributed by atoms with Crippen LogP contribution in [0, 0.1) is 12.8 Å². The number of aryl methyl sites for hydroxylation is 1. The number of pyridine rings is 1. The van der Waals surface area contributed by atoms with E-state index in [2.05, 4.69) is 25.6 Å². The molecule has 0 radical (unpaired) electrons. The van der Waals surface area contributed by atoms with Crippen molar-refractivity contribution in [2.75, 3.05) is 17.6 Å². The van der Waals surface area contributed by atoms with E-state index < -0.39 is 10.0 Å². The largest absolute Gasteiger partial charge is 0.380 e. The topological polar surface area (TPSA) is 68.3 Å². The summed E-state index contributed by atoms with van der Waals surface area (Å²) >= 11 is 3.34. The summed E-state index contributed by atoms with van der Waals surface area (Å²) < 4.78 is 32.7. The van der Waals surface area contributed by atoms with Crippen LogP contribution in [0.25, 0.3) is 0 Å². The first-order valence-corrected chi connectivity index (χ1v) is 8.52. The molecule has 1 saturated carbocycles. The average molecular weight is 349 g/mol. The van der Waals surface area contributed by atoms with Gasteiger partial charge in [0.15, 0.2) is 5.82 Å². The van der Waals surface area contributed by atoms with Gasteiger partial charge < -0.3 is 4.74 Å². The van der Waals surface area contributed by atoms with E-state index in [9.17, 15) is 8.42 Å². The van der Waals surface area contributed by atoms with Crippen molar-refractivity contribution in [3.8, 4) is 0 Å². The number of aromatic nitrogens is 1. The fourth-order valence-corrected chi connectivity index (χ4v) is 3.72. The predicted molar refractivity (Wildman–Crippen MR) is 77.6 cm³/mol. The van der Waals surface area contributed by atoms with E-state index in [0.717, 1.165) is 18.4 Å². The van der Waals surface area contributed by atoms with E-state index in [1.807, 2.05) is 13.0 Å². The molecule has 2 rings (SSSR count). The highest BCUT2D eigenvalue weighted by atomic mass is 79.9. The molecule has 0 spiro atoms. The molecule has 7 heteroatoms. The Morgan fingerprint density at radius 3 is 2.84 bits per heavy atom. The Kier molecular flexibility index (Phi) is 4.47. The third-order valence-corrected chi connectivity index (χ3v) is 5.44. The summed E-state index contributed by atoms with van der Waals surface area (Å²) in [4.78, 5) is 4.04. The van der Waals surface area contributed by atoms with E-state index in [4.69, 9.17) is 4.74 Å². The maximum atomic E-state index is 12.1. The summed E-state index contributed by atoms with van der Waals surface area (Å²) in [5.41, 5.74) is 0.929. The van der Waals surface area contributed by atoms with Crippen LogP contribution < -0.4 is 4.72 Å². The smallest absolute Gasteiger partial charge is 0.236 e. The number of rotatable bonds is 6. The Labute approximate surface area is 121 Å². The predicted octanol–water partition coefficient (Wildman–Crippen LogP) is 2.32. The van der Waals surface area contributed by atoms with E-state index in [0.29, 0.717) is 16.2 Å². The molecule has 5 nitrogen and oxygen atoms in total. The number of sulfonamides is 1. The highest BCUT2D eigenvalue weighted by Gasteiger charge is 2.34. The van der Waals surface area contributed by atoms with Crippen LogP contribution >= 0.6 is 15.9 Å². The fraction of sp³-hybridized carbons (Fsp3) is 0.583. The van der Waals surface area contributed by atoms with Gasteiger partial charge in [0, 0.05) is 13.3 Å². The molecule has 19 heavy (non-hydrogen) atoms. The third-order valence-electron chi connectivity index (χ3n) is 3.17. The molecule has 1 aromatic rings. The molecular weight excluding hydrogens is 332 g/mol. The van der Waals surface area contributed by atoms with Crippen LogP contribution in [0.4, 0.5) is 5.82 Å². The lowest BCUT2D eigenvalue weighted by molar-refractivity contribution is 0.103. The van der Waals surface area contributed by atoms with Gasteiger partial charge in [0.05, 0.1) is 16.3 Å². The van der Waals surface area contributed by atoms with Crippen molar-refractivity contribution in [3.05, 3.63) is 22.3 Å². The maximum Gasteiger partial charge on any atom is 0.236 e. The number of nitrogens with one attached hydrogen (secondary N) is 1. The lowest BCUT2D eigenvalue weighted by Gasteiger charge is -2.16. The van der Waals surface area contributed by atoms with Crippen molar-refractivity contribution in [2.45, 2.75) is 25.9 Å². The first-order chi connectivity index (χ1) is 8.93. The first-order valence-electron chi connectivity index (χ1n) is 6.07. The van der Waals surface area contributed by atoms with Crippen LogP contribution in [0.5, 0.6) is 0 Å². The van der Waals surface area contributed by atoms with E-state index >= 15 is 0 Å². The summed E-state index contributed by atoms with van der Waals surface area (Å²) in [6.45, 7) is 1.88. The van der Waals surface area contributed by atoms with Crippen LogP contribution in [0.15, 0.2) is 16.7 Å². The van der Waals surface area contributed by atoms with Crippen LogP contribution in [-0.4, -0.2) is 32.4 Å². The number of halogens is 1. The number of hydrogen-bond donors (Lipinski definition) is 1. The van der Waals surface area contributed by atoms with Gasteiger partial charge in [-0.25, -0.2) is 13.4 Å². The molecule has 1 aliphatic carbocycles.